The van der Waals surface area contributed by atoms with Crippen LogP contribution in [0.5, 0.6) is 0 Å². The molecule has 0 fully saturated rings. The number of rotatable bonds is 5. The highest BCUT2D eigenvalue weighted by Crippen LogP contribution is 2.37. The molecular weight excluding hydrogens is 382 g/mol. The zero-order valence-electron chi connectivity index (χ0n) is 13.4. The van der Waals surface area contributed by atoms with E-state index in [-0.39, 0.29) is 16.6 Å². The summed E-state index contributed by atoms with van der Waals surface area (Å²) < 4.78 is 54.1. The molecule has 1 unspecified atom stereocenters. The van der Waals surface area contributed by atoms with Crippen LogP contribution in [0.3, 0.4) is 0 Å². The lowest BCUT2D eigenvalue weighted by Crippen LogP contribution is -2.19. The van der Waals surface area contributed by atoms with Gasteiger partial charge in [-0.25, -0.2) is 21.2 Å². The van der Waals surface area contributed by atoms with Gasteiger partial charge in [0.05, 0.1) is 5.52 Å². The predicted octanol–water partition coefficient (Wildman–Crippen LogP) is 4.92. The lowest BCUT2D eigenvalue weighted by molar-refractivity contribution is 0.153. The van der Waals surface area contributed by atoms with Gasteiger partial charge in [-0.2, -0.15) is 0 Å². The van der Waals surface area contributed by atoms with E-state index in [0.29, 0.717) is 10.6 Å². The predicted molar refractivity (Wildman–Crippen MR) is 100 cm³/mol. The van der Waals surface area contributed by atoms with Gasteiger partial charge >= 0.3 is 0 Å². The zero-order valence-corrected chi connectivity index (χ0v) is 15.0. The Balaban J connectivity index is 2.25. The summed E-state index contributed by atoms with van der Waals surface area (Å²) in [4.78, 5) is 0. The van der Waals surface area contributed by atoms with Crippen LogP contribution in [-0.4, -0.2) is 12.4 Å². The summed E-state index contributed by atoms with van der Waals surface area (Å²) in [7, 11) is -4.11. The molecule has 136 valence electrons. The Hall–Kier alpha value is -2.38. The number of anilines is 1. The van der Waals surface area contributed by atoms with Gasteiger partial charge in [-0.15, -0.1) is 6.58 Å². The fourth-order valence-electron chi connectivity index (χ4n) is 2.90. The Labute approximate surface area is 154 Å². The van der Waals surface area contributed by atoms with Crippen LogP contribution in [0, 0.1) is 0 Å². The van der Waals surface area contributed by atoms with E-state index in [1.54, 1.807) is 24.3 Å². The maximum absolute atomic E-state index is 13.4. The van der Waals surface area contributed by atoms with Gasteiger partial charge < -0.3 is 5.73 Å². The van der Waals surface area contributed by atoms with E-state index in [0.717, 1.165) is 10.2 Å². The molecule has 8 heteroatoms. The van der Waals surface area contributed by atoms with Crippen molar-refractivity contribution in [3.63, 3.8) is 0 Å². The van der Waals surface area contributed by atoms with Crippen molar-refractivity contribution in [3.8, 4) is 0 Å². The number of hydrogen-bond donors (Lipinski definition) is 1. The first-order valence-corrected chi connectivity index (χ1v) is 9.45. The maximum atomic E-state index is 13.4. The number of nitrogens with zero attached hydrogens (tertiary/aromatic N) is 1. The number of fused-ring (bicyclic) bond motifs is 1. The molecule has 2 aromatic carbocycles. The van der Waals surface area contributed by atoms with Crippen molar-refractivity contribution < 1.29 is 17.2 Å². The molecule has 3 rings (SSSR count). The van der Waals surface area contributed by atoms with Crippen LogP contribution in [-0.2, 0) is 10.0 Å². The Morgan fingerprint density at radius 3 is 2.38 bits per heavy atom. The van der Waals surface area contributed by atoms with E-state index in [1.807, 2.05) is 0 Å². The molecule has 0 amide bonds. The van der Waals surface area contributed by atoms with Crippen LogP contribution in [0.2, 0.25) is 5.02 Å². The molecule has 0 aliphatic rings. The van der Waals surface area contributed by atoms with Crippen LogP contribution in [0.15, 0.2) is 61.3 Å². The van der Waals surface area contributed by atoms with Crippen molar-refractivity contribution >= 4 is 38.2 Å². The smallest absolute Gasteiger partial charge is 0.266 e. The molecule has 2 N–H and O–H groups in total. The fourth-order valence-corrected chi connectivity index (χ4v) is 4.70. The third-order valence-corrected chi connectivity index (χ3v) is 6.31. The standard InChI is InChI=1S/C18H15ClF2N2O2S/c1-2-16(11-6-8-12(19)9-7-11)26(24,25)23-10-13(18(20)21)17-14(22)4-3-5-15(17)23/h2-10,16,18H,1,22H2. The summed E-state index contributed by atoms with van der Waals surface area (Å²) in [6, 6.07) is 10.6. The number of hydrogen-bond acceptors (Lipinski definition) is 3. The van der Waals surface area contributed by atoms with Crippen molar-refractivity contribution in [2.45, 2.75) is 11.7 Å². The first kappa shape index (κ1) is 18.4. The van der Waals surface area contributed by atoms with Gasteiger partial charge in [0.25, 0.3) is 6.43 Å². The summed E-state index contributed by atoms with van der Waals surface area (Å²) in [5.74, 6) is 0. The minimum absolute atomic E-state index is 0.0324. The Bertz CT molecular complexity index is 1080. The third kappa shape index (κ3) is 2.97. The molecule has 1 heterocycles. The minimum Gasteiger partial charge on any atom is -0.398 e. The van der Waals surface area contributed by atoms with E-state index >= 15 is 0 Å². The molecule has 0 spiro atoms. The van der Waals surface area contributed by atoms with E-state index in [4.69, 9.17) is 17.3 Å². The maximum Gasteiger partial charge on any atom is 0.266 e. The molecule has 0 saturated heterocycles. The SMILES string of the molecule is C=CC(c1ccc(Cl)cc1)S(=O)(=O)n1cc(C(F)F)c2c(N)cccc21. The first-order valence-electron chi connectivity index (χ1n) is 7.57. The fraction of sp³-hybridized carbons (Fsp3) is 0.111. The lowest BCUT2D eigenvalue weighted by atomic mass is 10.1. The van der Waals surface area contributed by atoms with Gasteiger partial charge in [0.15, 0.2) is 0 Å². The Morgan fingerprint density at radius 1 is 1.15 bits per heavy atom. The summed E-state index contributed by atoms with van der Waals surface area (Å²) >= 11 is 5.85. The molecule has 3 aromatic rings. The summed E-state index contributed by atoms with van der Waals surface area (Å²) in [6.07, 6.45) is -0.692. The van der Waals surface area contributed by atoms with Crippen molar-refractivity contribution in [3.05, 3.63) is 77.5 Å². The molecule has 0 bridgehead atoms. The van der Waals surface area contributed by atoms with Crippen molar-refractivity contribution in [2.24, 2.45) is 0 Å². The highest BCUT2D eigenvalue weighted by Gasteiger charge is 2.30. The zero-order chi connectivity index (χ0) is 19.1. The highest BCUT2D eigenvalue weighted by atomic mass is 35.5. The molecule has 0 radical (unpaired) electrons. The number of alkyl halides is 2. The third-order valence-electron chi connectivity index (χ3n) is 4.10. The van der Waals surface area contributed by atoms with E-state index < -0.39 is 27.3 Å². The summed E-state index contributed by atoms with van der Waals surface area (Å²) in [5.41, 5.74) is 6.00. The largest absolute Gasteiger partial charge is 0.398 e. The monoisotopic (exact) mass is 396 g/mol. The van der Waals surface area contributed by atoms with Gasteiger partial charge in [-0.3, -0.25) is 0 Å². The quantitative estimate of drug-likeness (QED) is 0.491. The lowest BCUT2D eigenvalue weighted by Gasteiger charge is -2.16. The van der Waals surface area contributed by atoms with Crippen LogP contribution < -0.4 is 5.73 Å². The molecule has 1 atom stereocenters. The highest BCUT2D eigenvalue weighted by molar-refractivity contribution is 7.90. The van der Waals surface area contributed by atoms with Crippen molar-refractivity contribution in [1.82, 2.24) is 3.97 Å². The number of aromatic nitrogens is 1. The van der Waals surface area contributed by atoms with Gasteiger partial charge in [0.1, 0.15) is 5.25 Å². The molecule has 0 aliphatic heterocycles. The van der Waals surface area contributed by atoms with E-state index in [1.165, 1.54) is 24.3 Å². The van der Waals surface area contributed by atoms with Crippen LogP contribution >= 0.6 is 11.6 Å². The summed E-state index contributed by atoms with van der Waals surface area (Å²) in [5, 5.41) is -0.652. The van der Waals surface area contributed by atoms with Gasteiger partial charge in [-0.1, -0.05) is 35.9 Å². The molecule has 26 heavy (non-hydrogen) atoms. The second-order valence-electron chi connectivity index (χ2n) is 5.68. The second kappa shape index (κ2) is 6.74. The van der Waals surface area contributed by atoms with Crippen LogP contribution in [0.4, 0.5) is 14.5 Å². The first-order chi connectivity index (χ1) is 12.3. The number of halogens is 3. The Morgan fingerprint density at radius 2 is 1.81 bits per heavy atom. The molecular formula is C18H15ClF2N2O2S. The second-order valence-corrected chi connectivity index (χ2v) is 8.04. The topological polar surface area (TPSA) is 65.1 Å². The average Bonchev–Trinajstić information content (AvgIpc) is 2.99. The van der Waals surface area contributed by atoms with Gasteiger partial charge in [0, 0.05) is 27.9 Å². The molecule has 0 saturated carbocycles. The minimum atomic E-state index is -4.11. The molecule has 4 nitrogen and oxygen atoms in total. The summed E-state index contributed by atoms with van der Waals surface area (Å²) in [6.45, 7) is 3.59. The number of benzene rings is 2. The van der Waals surface area contributed by atoms with Gasteiger partial charge in [0.2, 0.25) is 10.0 Å². The van der Waals surface area contributed by atoms with Crippen LogP contribution in [0.1, 0.15) is 22.8 Å². The van der Waals surface area contributed by atoms with Crippen LogP contribution in [0.25, 0.3) is 10.9 Å². The molecule has 0 aliphatic carbocycles. The molecule has 1 aromatic heterocycles. The normalized spacial score (nSPS) is 13.2. The van der Waals surface area contributed by atoms with E-state index in [2.05, 4.69) is 6.58 Å². The van der Waals surface area contributed by atoms with E-state index in [9.17, 15) is 17.2 Å². The average molecular weight is 397 g/mol. The van der Waals surface area contributed by atoms with Gasteiger partial charge in [-0.05, 0) is 29.8 Å². The number of nitrogen functional groups attached to an aromatic ring is 1. The number of nitrogens with two attached hydrogens (primary N) is 1. The van der Waals surface area contributed by atoms with Crippen molar-refractivity contribution in [1.29, 1.82) is 0 Å². The Kier molecular flexibility index (Phi) is 4.77. The van der Waals surface area contributed by atoms with Crippen molar-refractivity contribution in [2.75, 3.05) is 5.73 Å².